The van der Waals surface area contributed by atoms with Gasteiger partial charge >= 0.3 is 0 Å². The Labute approximate surface area is 127 Å². The molecule has 2 aromatic rings. The van der Waals surface area contributed by atoms with Gasteiger partial charge in [-0.1, -0.05) is 27.5 Å². The predicted molar refractivity (Wildman–Crippen MR) is 76.3 cm³/mol. The van der Waals surface area contributed by atoms with Crippen molar-refractivity contribution in [1.82, 2.24) is 0 Å². The molecule has 1 N–H and O–H groups in total. The molecular weight excluding hydrogens is 376 g/mol. The summed E-state index contributed by atoms with van der Waals surface area (Å²) in [5.41, 5.74) is 0.0877. The van der Waals surface area contributed by atoms with Crippen LogP contribution in [0.1, 0.15) is 0 Å². The molecule has 2 rings (SSSR count). The van der Waals surface area contributed by atoms with Crippen LogP contribution in [-0.2, 0) is 10.0 Å². The first kappa shape index (κ1) is 15.2. The van der Waals surface area contributed by atoms with Gasteiger partial charge < -0.3 is 0 Å². The Kier molecular flexibility index (Phi) is 4.31. The normalized spacial score (nSPS) is 11.4. The number of sulfonamides is 1. The Morgan fingerprint density at radius 2 is 1.80 bits per heavy atom. The second-order valence-corrected chi connectivity index (χ2v) is 6.78. The summed E-state index contributed by atoms with van der Waals surface area (Å²) in [6.07, 6.45) is 0. The molecule has 20 heavy (non-hydrogen) atoms. The summed E-state index contributed by atoms with van der Waals surface area (Å²) < 4.78 is 53.2. The first-order chi connectivity index (χ1) is 9.29. The van der Waals surface area contributed by atoms with E-state index in [1.165, 1.54) is 12.1 Å². The molecule has 0 atom stereocenters. The van der Waals surface area contributed by atoms with Crippen LogP contribution in [0.2, 0.25) is 5.02 Å². The van der Waals surface area contributed by atoms with Gasteiger partial charge in [0.15, 0.2) is 0 Å². The molecule has 0 unspecified atom stereocenters. The van der Waals surface area contributed by atoms with E-state index < -0.39 is 26.6 Å². The monoisotopic (exact) mass is 381 g/mol. The lowest BCUT2D eigenvalue weighted by atomic mass is 10.3. The van der Waals surface area contributed by atoms with Crippen LogP contribution in [0.3, 0.4) is 0 Å². The van der Waals surface area contributed by atoms with Crippen molar-refractivity contribution in [3.05, 3.63) is 57.5 Å². The second kappa shape index (κ2) is 5.67. The first-order valence-electron chi connectivity index (χ1n) is 5.22. The van der Waals surface area contributed by atoms with Gasteiger partial charge in [0.05, 0.1) is 10.7 Å². The van der Waals surface area contributed by atoms with Gasteiger partial charge in [0.25, 0.3) is 10.0 Å². The number of hydrogen-bond acceptors (Lipinski definition) is 2. The van der Waals surface area contributed by atoms with Crippen molar-refractivity contribution < 1.29 is 17.2 Å². The van der Waals surface area contributed by atoms with Gasteiger partial charge in [0, 0.05) is 10.5 Å². The van der Waals surface area contributed by atoms with Crippen molar-refractivity contribution >= 4 is 43.2 Å². The van der Waals surface area contributed by atoms with E-state index in [-0.39, 0.29) is 10.7 Å². The summed E-state index contributed by atoms with van der Waals surface area (Å²) in [6.45, 7) is 0. The van der Waals surface area contributed by atoms with E-state index in [0.29, 0.717) is 10.5 Å². The third kappa shape index (κ3) is 3.28. The zero-order chi connectivity index (χ0) is 14.9. The number of rotatable bonds is 3. The molecule has 0 amide bonds. The largest absolute Gasteiger partial charge is 0.278 e. The van der Waals surface area contributed by atoms with Crippen LogP contribution in [0, 0.1) is 11.6 Å². The third-order valence-corrected chi connectivity index (χ3v) is 4.58. The van der Waals surface area contributed by atoms with Crippen LogP contribution in [-0.4, -0.2) is 8.42 Å². The van der Waals surface area contributed by atoms with Crippen LogP contribution in [0.5, 0.6) is 0 Å². The standard InChI is InChI=1S/C12H7BrClF2NO2S/c13-7-1-3-9(14)11(5-7)17-20(18,19)12-4-2-8(15)6-10(12)16/h1-6,17H. The molecule has 0 spiro atoms. The molecule has 0 radical (unpaired) electrons. The lowest BCUT2D eigenvalue weighted by Crippen LogP contribution is -2.15. The molecule has 0 bridgehead atoms. The maximum Gasteiger partial charge on any atom is 0.264 e. The average molecular weight is 383 g/mol. The van der Waals surface area contributed by atoms with Crippen LogP contribution in [0.15, 0.2) is 45.8 Å². The Morgan fingerprint density at radius 3 is 2.45 bits per heavy atom. The SMILES string of the molecule is O=S(=O)(Nc1cc(Br)ccc1Cl)c1ccc(F)cc1F. The minimum atomic E-state index is -4.20. The van der Waals surface area contributed by atoms with Gasteiger partial charge in [-0.3, -0.25) is 4.72 Å². The summed E-state index contributed by atoms with van der Waals surface area (Å²) in [5, 5.41) is 0.152. The Morgan fingerprint density at radius 1 is 1.10 bits per heavy atom. The summed E-state index contributed by atoms with van der Waals surface area (Å²) in [5.74, 6) is -2.04. The number of hydrogen-bond donors (Lipinski definition) is 1. The molecule has 0 saturated heterocycles. The molecule has 0 saturated carbocycles. The fraction of sp³-hybridized carbons (Fsp3) is 0. The zero-order valence-electron chi connectivity index (χ0n) is 9.70. The van der Waals surface area contributed by atoms with E-state index in [0.717, 1.165) is 12.1 Å². The topological polar surface area (TPSA) is 46.2 Å². The van der Waals surface area contributed by atoms with Crippen molar-refractivity contribution in [2.45, 2.75) is 4.90 Å². The summed E-state index contributed by atoms with van der Waals surface area (Å²) in [4.78, 5) is -0.657. The van der Waals surface area contributed by atoms with Crippen molar-refractivity contribution in [1.29, 1.82) is 0 Å². The number of halogens is 4. The van der Waals surface area contributed by atoms with Gasteiger partial charge in [-0.05, 0) is 30.3 Å². The molecule has 8 heteroatoms. The van der Waals surface area contributed by atoms with Gasteiger partial charge in [-0.15, -0.1) is 0 Å². The first-order valence-corrected chi connectivity index (χ1v) is 7.88. The summed E-state index contributed by atoms with van der Waals surface area (Å²) >= 11 is 9.02. The van der Waals surface area contributed by atoms with E-state index in [1.807, 2.05) is 0 Å². The molecule has 0 aliphatic heterocycles. The minimum Gasteiger partial charge on any atom is -0.278 e. The van der Waals surface area contributed by atoms with E-state index in [4.69, 9.17) is 11.6 Å². The van der Waals surface area contributed by atoms with Crippen molar-refractivity contribution in [2.24, 2.45) is 0 Å². The highest BCUT2D eigenvalue weighted by atomic mass is 79.9. The van der Waals surface area contributed by atoms with E-state index in [2.05, 4.69) is 20.7 Å². The summed E-state index contributed by atoms with van der Waals surface area (Å²) in [7, 11) is -4.20. The number of nitrogens with one attached hydrogen (secondary N) is 1. The highest BCUT2D eigenvalue weighted by Gasteiger charge is 2.20. The molecule has 0 heterocycles. The summed E-state index contributed by atoms with van der Waals surface area (Å²) in [6, 6.07) is 6.74. The van der Waals surface area contributed by atoms with Crippen LogP contribution in [0.4, 0.5) is 14.5 Å². The Balaban J connectivity index is 2.43. The quantitative estimate of drug-likeness (QED) is 0.865. The van der Waals surface area contributed by atoms with Gasteiger partial charge in [-0.25, -0.2) is 17.2 Å². The molecule has 3 nitrogen and oxygen atoms in total. The van der Waals surface area contributed by atoms with E-state index in [9.17, 15) is 17.2 Å². The zero-order valence-corrected chi connectivity index (χ0v) is 12.9. The van der Waals surface area contributed by atoms with Crippen molar-refractivity contribution in [3.8, 4) is 0 Å². The fourth-order valence-corrected chi connectivity index (χ4v) is 3.18. The smallest absolute Gasteiger partial charge is 0.264 e. The molecular formula is C12H7BrClF2NO2S. The Hall–Kier alpha value is -1.18. The van der Waals surface area contributed by atoms with Crippen molar-refractivity contribution in [3.63, 3.8) is 0 Å². The molecule has 0 fully saturated rings. The van der Waals surface area contributed by atoms with Crippen LogP contribution in [0.25, 0.3) is 0 Å². The molecule has 0 aliphatic rings. The maximum absolute atomic E-state index is 13.5. The van der Waals surface area contributed by atoms with Crippen molar-refractivity contribution in [2.75, 3.05) is 4.72 Å². The lowest BCUT2D eigenvalue weighted by Gasteiger charge is -2.10. The second-order valence-electron chi connectivity index (χ2n) is 3.80. The van der Waals surface area contributed by atoms with Crippen LogP contribution < -0.4 is 4.72 Å². The van der Waals surface area contributed by atoms with E-state index in [1.54, 1.807) is 6.07 Å². The van der Waals surface area contributed by atoms with Gasteiger partial charge in [-0.2, -0.15) is 0 Å². The van der Waals surface area contributed by atoms with Gasteiger partial charge in [0.1, 0.15) is 16.5 Å². The lowest BCUT2D eigenvalue weighted by molar-refractivity contribution is 0.551. The third-order valence-electron chi connectivity index (χ3n) is 2.36. The molecule has 106 valence electrons. The molecule has 2 aromatic carbocycles. The van der Waals surface area contributed by atoms with Crippen LogP contribution >= 0.6 is 27.5 Å². The minimum absolute atomic E-state index is 0.0877. The highest BCUT2D eigenvalue weighted by molar-refractivity contribution is 9.10. The maximum atomic E-state index is 13.5. The number of anilines is 1. The average Bonchev–Trinajstić information content (AvgIpc) is 2.33. The predicted octanol–water partition coefficient (Wildman–Crippen LogP) is 4.18. The molecule has 0 aromatic heterocycles. The van der Waals surface area contributed by atoms with E-state index >= 15 is 0 Å². The number of benzene rings is 2. The Bertz CT molecular complexity index is 768. The van der Waals surface area contributed by atoms with Gasteiger partial charge in [0.2, 0.25) is 0 Å². The fourth-order valence-electron chi connectivity index (χ4n) is 1.47. The highest BCUT2D eigenvalue weighted by Crippen LogP contribution is 2.28. The molecule has 0 aliphatic carbocycles.